The van der Waals surface area contributed by atoms with E-state index < -0.39 is 0 Å². The number of nitrogens with two attached hydrogens (primary N) is 1. The fourth-order valence-electron chi connectivity index (χ4n) is 3.53. The molecular weight excluding hydrogens is 355 g/mol. The Labute approximate surface area is 163 Å². The molecule has 0 bridgehead atoms. The van der Waals surface area contributed by atoms with E-state index in [1.165, 1.54) is 11.1 Å². The van der Waals surface area contributed by atoms with Crippen molar-refractivity contribution in [2.75, 3.05) is 26.7 Å². The van der Waals surface area contributed by atoms with Gasteiger partial charge in [-0.1, -0.05) is 42.5 Å². The van der Waals surface area contributed by atoms with Gasteiger partial charge in [-0.05, 0) is 49.2 Å². The average Bonchev–Trinajstić information content (AvgIpc) is 2.64. The van der Waals surface area contributed by atoms with Crippen LogP contribution < -0.4 is 10.5 Å². The number of nitrogens with zero attached hydrogens (tertiary/aromatic N) is 1. The molecule has 0 atom stereocenters. The summed E-state index contributed by atoms with van der Waals surface area (Å²) in [5.74, 6) is 0.915. The maximum Gasteiger partial charge on any atom is 0.118 e. The van der Waals surface area contributed by atoms with Crippen LogP contribution in [0.3, 0.4) is 0 Å². The molecule has 2 aromatic carbocycles. The van der Waals surface area contributed by atoms with Crippen LogP contribution in [0.25, 0.3) is 0 Å². The second-order valence-corrected chi connectivity index (χ2v) is 6.47. The molecule has 1 fully saturated rings. The third kappa shape index (κ3) is 5.11. The first-order valence-electron chi connectivity index (χ1n) is 8.37. The number of piperidine rings is 1. The molecule has 3 rings (SSSR count). The van der Waals surface area contributed by atoms with Crippen LogP contribution in [-0.4, -0.2) is 31.6 Å². The largest absolute Gasteiger partial charge is 0.497 e. The Morgan fingerprint density at radius 3 is 2.08 bits per heavy atom. The molecule has 138 valence electrons. The molecule has 2 N–H and O–H groups in total. The van der Waals surface area contributed by atoms with Crippen molar-refractivity contribution in [3.05, 3.63) is 65.7 Å². The van der Waals surface area contributed by atoms with Gasteiger partial charge in [-0.3, -0.25) is 4.90 Å². The Morgan fingerprint density at radius 2 is 1.56 bits per heavy atom. The normalized spacial score (nSPS) is 16.4. The maximum atomic E-state index is 6.17. The molecule has 0 spiro atoms. The van der Waals surface area contributed by atoms with Gasteiger partial charge in [0.2, 0.25) is 0 Å². The van der Waals surface area contributed by atoms with E-state index in [-0.39, 0.29) is 30.2 Å². The fraction of sp³-hybridized carbons (Fsp3) is 0.400. The SMILES string of the molecule is COc1ccc(CN2CCC(CN)(c3ccccc3)CC2)cc1.Cl.Cl. The minimum Gasteiger partial charge on any atom is -0.497 e. The van der Waals surface area contributed by atoms with Gasteiger partial charge in [-0.25, -0.2) is 0 Å². The molecule has 3 nitrogen and oxygen atoms in total. The van der Waals surface area contributed by atoms with Crippen LogP contribution in [0.5, 0.6) is 5.75 Å². The van der Waals surface area contributed by atoms with Gasteiger partial charge >= 0.3 is 0 Å². The number of halogens is 2. The summed E-state index contributed by atoms with van der Waals surface area (Å²) in [5.41, 5.74) is 9.05. The van der Waals surface area contributed by atoms with Gasteiger partial charge in [-0.2, -0.15) is 0 Å². The Balaban J connectivity index is 0.00000156. The van der Waals surface area contributed by atoms with Gasteiger partial charge in [0.05, 0.1) is 7.11 Å². The van der Waals surface area contributed by atoms with Crippen LogP contribution >= 0.6 is 24.8 Å². The van der Waals surface area contributed by atoms with E-state index >= 15 is 0 Å². The summed E-state index contributed by atoms with van der Waals surface area (Å²) in [4.78, 5) is 2.53. The number of hydrogen-bond acceptors (Lipinski definition) is 3. The second-order valence-electron chi connectivity index (χ2n) is 6.47. The standard InChI is InChI=1S/C20H26N2O.2ClH/c1-23-19-9-7-17(8-10-19)15-22-13-11-20(16-21,12-14-22)18-5-3-2-4-6-18;;/h2-10H,11-16,21H2,1H3;2*1H. The van der Waals surface area contributed by atoms with Gasteiger partial charge in [0.1, 0.15) is 5.75 Å². The molecule has 5 heteroatoms. The highest BCUT2D eigenvalue weighted by atomic mass is 35.5. The number of hydrogen-bond donors (Lipinski definition) is 1. The molecule has 0 amide bonds. The lowest BCUT2D eigenvalue weighted by Gasteiger charge is -2.41. The monoisotopic (exact) mass is 382 g/mol. The first-order valence-corrected chi connectivity index (χ1v) is 8.37. The molecule has 0 radical (unpaired) electrons. The number of ether oxygens (including phenoxy) is 1. The van der Waals surface area contributed by atoms with Gasteiger partial charge in [0, 0.05) is 18.5 Å². The number of methoxy groups -OCH3 is 1. The maximum absolute atomic E-state index is 6.17. The molecule has 0 saturated carbocycles. The van der Waals surface area contributed by atoms with Crippen molar-refractivity contribution in [2.45, 2.75) is 24.8 Å². The topological polar surface area (TPSA) is 38.5 Å². The van der Waals surface area contributed by atoms with E-state index in [0.717, 1.165) is 44.8 Å². The zero-order chi connectivity index (χ0) is 16.1. The molecule has 1 aliphatic rings. The van der Waals surface area contributed by atoms with E-state index in [4.69, 9.17) is 10.5 Å². The van der Waals surface area contributed by atoms with E-state index in [2.05, 4.69) is 47.4 Å². The van der Waals surface area contributed by atoms with Crippen molar-refractivity contribution in [1.82, 2.24) is 4.90 Å². The smallest absolute Gasteiger partial charge is 0.118 e. The van der Waals surface area contributed by atoms with Crippen LogP contribution in [0.1, 0.15) is 24.0 Å². The molecule has 0 unspecified atom stereocenters. The second kappa shape index (κ2) is 10.0. The highest BCUT2D eigenvalue weighted by Crippen LogP contribution is 2.35. The van der Waals surface area contributed by atoms with Crippen molar-refractivity contribution < 1.29 is 4.74 Å². The molecule has 25 heavy (non-hydrogen) atoms. The average molecular weight is 383 g/mol. The number of likely N-dealkylation sites (tertiary alicyclic amines) is 1. The molecule has 1 heterocycles. The Morgan fingerprint density at radius 1 is 0.960 bits per heavy atom. The lowest BCUT2D eigenvalue weighted by molar-refractivity contribution is 0.156. The Kier molecular flexibility index (Phi) is 8.74. The van der Waals surface area contributed by atoms with Crippen molar-refractivity contribution >= 4 is 24.8 Å². The summed E-state index contributed by atoms with van der Waals surface area (Å²) < 4.78 is 5.22. The minimum absolute atomic E-state index is 0. The van der Waals surface area contributed by atoms with E-state index in [1.807, 2.05) is 12.1 Å². The van der Waals surface area contributed by atoms with Gasteiger partial charge in [0.15, 0.2) is 0 Å². The summed E-state index contributed by atoms with van der Waals surface area (Å²) >= 11 is 0. The first kappa shape index (κ1) is 21.8. The molecule has 0 aliphatic carbocycles. The highest BCUT2D eigenvalue weighted by molar-refractivity contribution is 5.85. The van der Waals surface area contributed by atoms with Gasteiger partial charge in [-0.15, -0.1) is 24.8 Å². The molecule has 1 aliphatic heterocycles. The third-order valence-electron chi connectivity index (χ3n) is 5.16. The summed E-state index contributed by atoms with van der Waals surface area (Å²) in [5, 5.41) is 0. The van der Waals surface area contributed by atoms with Crippen LogP contribution in [-0.2, 0) is 12.0 Å². The number of benzene rings is 2. The quantitative estimate of drug-likeness (QED) is 0.847. The zero-order valence-corrected chi connectivity index (χ0v) is 16.3. The lowest BCUT2D eigenvalue weighted by Crippen LogP contribution is -2.46. The summed E-state index contributed by atoms with van der Waals surface area (Å²) in [6, 6.07) is 19.2. The fourth-order valence-corrected chi connectivity index (χ4v) is 3.53. The minimum atomic E-state index is 0. The highest BCUT2D eigenvalue weighted by Gasteiger charge is 2.34. The van der Waals surface area contributed by atoms with E-state index in [1.54, 1.807) is 7.11 Å². The van der Waals surface area contributed by atoms with Crippen molar-refractivity contribution in [1.29, 1.82) is 0 Å². The van der Waals surface area contributed by atoms with Gasteiger partial charge < -0.3 is 10.5 Å². The Hall–Kier alpha value is -1.26. The summed E-state index contributed by atoms with van der Waals surface area (Å²) in [7, 11) is 1.70. The lowest BCUT2D eigenvalue weighted by atomic mass is 9.73. The Bertz CT molecular complexity index is 611. The summed E-state index contributed by atoms with van der Waals surface area (Å²) in [6.45, 7) is 3.92. The van der Waals surface area contributed by atoms with E-state index in [9.17, 15) is 0 Å². The van der Waals surface area contributed by atoms with Crippen LogP contribution in [0.2, 0.25) is 0 Å². The third-order valence-corrected chi connectivity index (χ3v) is 5.16. The van der Waals surface area contributed by atoms with Crippen LogP contribution in [0, 0.1) is 0 Å². The predicted molar refractivity (Wildman–Crippen MR) is 109 cm³/mol. The predicted octanol–water partition coefficient (Wildman–Crippen LogP) is 4.03. The van der Waals surface area contributed by atoms with Crippen molar-refractivity contribution in [2.24, 2.45) is 5.73 Å². The van der Waals surface area contributed by atoms with Gasteiger partial charge in [0.25, 0.3) is 0 Å². The molecule has 1 saturated heterocycles. The van der Waals surface area contributed by atoms with Crippen LogP contribution in [0.15, 0.2) is 54.6 Å². The van der Waals surface area contributed by atoms with Crippen LogP contribution in [0.4, 0.5) is 0 Å². The molecule has 2 aromatic rings. The number of rotatable bonds is 5. The van der Waals surface area contributed by atoms with Crippen molar-refractivity contribution in [3.8, 4) is 5.75 Å². The van der Waals surface area contributed by atoms with Crippen molar-refractivity contribution in [3.63, 3.8) is 0 Å². The summed E-state index contributed by atoms with van der Waals surface area (Å²) in [6.07, 6.45) is 2.26. The van der Waals surface area contributed by atoms with E-state index in [0.29, 0.717) is 0 Å². The zero-order valence-electron chi connectivity index (χ0n) is 14.7. The molecule has 0 aromatic heterocycles. The molecular formula is C20H28Cl2N2O. The first-order chi connectivity index (χ1) is 11.3.